The van der Waals surface area contributed by atoms with E-state index in [1.165, 1.54) is 0 Å². The topological polar surface area (TPSA) is 69.0 Å². The summed E-state index contributed by atoms with van der Waals surface area (Å²) in [7, 11) is 0. The number of para-hydroxylation sites is 1. The van der Waals surface area contributed by atoms with Crippen molar-refractivity contribution in [1.82, 2.24) is 4.98 Å². The fourth-order valence-corrected chi connectivity index (χ4v) is 5.03. The molecule has 3 aromatic rings. The normalized spacial score (nSPS) is 24.5. The number of nitrogens with one attached hydrogen (secondary N) is 1. The summed E-state index contributed by atoms with van der Waals surface area (Å²) < 4.78 is 1.10. The number of nitriles is 1. The van der Waals surface area contributed by atoms with Crippen LogP contribution in [0.4, 0.5) is 11.4 Å². The summed E-state index contributed by atoms with van der Waals surface area (Å²) >= 11 is 1.64. The summed E-state index contributed by atoms with van der Waals surface area (Å²) in [5, 5.41) is 14.8. The lowest BCUT2D eigenvalue weighted by atomic mass is 9.74. The Morgan fingerprint density at radius 2 is 2.20 bits per heavy atom. The molecule has 1 spiro atoms. The molecule has 25 heavy (non-hydrogen) atoms. The van der Waals surface area contributed by atoms with E-state index < -0.39 is 5.41 Å². The smallest absolute Gasteiger partial charge is 0.238 e. The number of amides is 1. The lowest BCUT2D eigenvalue weighted by Gasteiger charge is -2.25. The van der Waals surface area contributed by atoms with Gasteiger partial charge in [-0.3, -0.25) is 9.78 Å². The van der Waals surface area contributed by atoms with Crippen molar-refractivity contribution in [2.24, 2.45) is 5.92 Å². The van der Waals surface area contributed by atoms with Crippen LogP contribution in [-0.4, -0.2) is 24.0 Å². The highest BCUT2D eigenvalue weighted by molar-refractivity contribution is 7.17. The van der Waals surface area contributed by atoms with E-state index in [0.29, 0.717) is 13.1 Å². The van der Waals surface area contributed by atoms with Crippen molar-refractivity contribution in [3.63, 3.8) is 0 Å². The molecular formula is C19H14N4OS. The molecule has 2 aliphatic heterocycles. The summed E-state index contributed by atoms with van der Waals surface area (Å²) in [6.07, 6.45) is 1.79. The first-order valence-corrected chi connectivity index (χ1v) is 9.00. The van der Waals surface area contributed by atoms with Gasteiger partial charge in [0.05, 0.1) is 27.9 Å². The first-order chi connectivity index (χ1) is 12.2. The number of fused-ring (bicyclic) bond motifs is 3. The number of hydrogen-bond acceptors (Lipinski definition) is 5. The molecule has 1 saturated heterocycles. The van der Waals surface area contributed by atoms with Gasteiger partial charge in [0, 0.05) is 25.0 Å². The predicted octanol–water partition coefficient (Wildman–Crippen LogP) is 3.15. The van der Waals surface area contributed by atoms with E-state index in [1.54, 1.807) is 17.5 Å². The minimum Gasteiger partial charge on any atom is -0.367 e. The minimum absolute atomic E-state index is 0.0702. The first-order valence-electron chi connectivity index (χ1n) is 8.12. The molecule has 0 bridgehead atoms. The average Bonchev–Trinajstić information content (AvgIpc) is 3.33. The van der Waals surface area contributed by atoms with E-state index in [4.69, 9.17) is 0 Å². The van der Waals surface area contributed by atoms with E-state index in [-0.39, 0.29) is 11.8 Å². The molecule has 1 aromatic carbocycles. The Hall–Kier alpha value is -2.91. The van der Waals surface area contributed by atoms with Crippen LogP contribution in [0.5, 0.6) is 0 Å². The average molecular weight is 346 g/mol. The van der Waals surface area contributed by atoms with Crippen molar-refractivity contribution in [2.75, 3.05) is 23.3 Å². The molecule has 0 saturated carbocycles. The van der Waals surface area contributed by atoms with Crippen molar-refractivity contribution in [3.8, 4) is 6.07 Å². The van der Waals surface area contributed by atoms with Gasteiger partial charge in [0.25, 0.3) is 0 Å². The van der Waals surface area contributed by atoms with Crippen LogP contribution in [0.2, 0.25) is 0 Å². The maximum absolute atomic E-state index is 12.9. The third-order valence-corrected chi connectivity index (χ3v) is 6.24. The monoisotopic (exact) mass is 346 g/mol. The zero-order valence-corrected chi connectivity index (χ0v) is 14.1. The van der Waals surface area contributed by atoms with Gasteiger partial charge >= 0.3 is 0 Å². The summed E-state index contributed by atoms with van der Waals surface area (Å²) in [4.78, 5) is 19.5. The van der Waals surface area contributed by atoms with E-state index in [9.17, 15) is 10.1 Å². The maximum Gasteiger partial charge on any atom is 0.238 e. The zero-order valence-electron chi connectivity index (χ0n) is 13.3. The van der Waals surface area contributed by atoms with Gasteiger partial charge < -0.3 is 10.2 Å². The Morgan fingerprint density at radius 1 is 1.32 bits per heavy atom. The van der Waals surface area contributed by atoms with Crippen LogP contribution in [0.25, 0.3) is 10.2 Å². The summed E-state index contributed by atoms with van der Waals surface area (Å²) in [5.74, 6) is -0.460. The molecule has 0 unspecified atom stereocenters. The number of rotatable bonds is 1. The van der Waals surface area contributed by atoms with Gasteiger partial charge in [0.2, 0.25) is 5.91 Å². The van der Waals surface area contributed by atoms with Gasteiger partial charge in [-0.15, -0.1) is 11.3 Å². The molecule has 2 aromatic heterocycles. The number of anilines is 2. The van der Waals surface area contributed by atoms with Gasteiger partial charge in [-0.05, 0) is 29.1 Å². The van der Waals surface area contributed by atoms with Gasteiger partial charge in [0.15, 0.2) is 0 Å². The molecule has 122 valence electrons. The second-order valence-electron chi connectivity index (χ2n) is 6.50. The van der Waals surface area contributed by atoms with E-state index in [2.05, 4.69) is 21.3 Å². The van der Waals surface area contributed by atoms with Crippen LogP contribution in [0, 0.1) is 17.2 Å². The Labute approximate surface area is 148 Å². The number of nitrogens with zero attached hydrogens (tertiary/aromatic N) is 3. The fourth-order valence-electron chi connectivity index (χ4n) is 4.14. The van der Waals surface area contributed by atoms with E-state index >= 15 is 0 Å². The SMILES string of the molecule is N#C[C@@H]1CN(c2ccnc3ccsc23)C[C@]12C(=O)Nc1ccccc12. The Morgan fingerprint density at radius 3 is 3.08 bits per heavy atom. The molecule has 1 amide bonds. The Balaban J connectivity index is 1.66. The van der Waals surface area contributed by atoms with Gasteiger partial charge in [-0.1, -0.05) is 18.2 Å². The number of aromatic nitrogens is 1. The molecule has 5 nitrogen and oxygen atoms in total. The number of thiophene rings is 1. The van der Waals surface area contributed by atoms with Gasteiger partial charge in [-0.25, -0.2) is 0 Å². The van der Waals surface area contributed by atoms with Crippen LogP contribution in [0.3, 0.4) is 0 Å². The second-order valence-corrected chi connectivity index (χ2v) is 7.41. The third-order valence-electron chi connectivity index (χ3n) is 5.32. The van der Waals surface area contributed by atoms with Gasteiger partial charge in [-0.2, -0.15) is 5.26 Å². The molecule has 4 heterocycles. The van der Waals surface area contributed by atoms with Crippen molar-refractivity contribution < 1.29 is 4.79 Å². The first kappa shape index (κ1) is 14.4. The number of benzene rings is 1. The van der Waals surface area contributed by atoms with Crippen molar-refractivity contribution in [1.29, 1.82) is 5.26 Å². The highest BCUT2D eigenvalue weighted by Crippen LogP contribution is 2.49. The lowest BCUT2D eigenvalue weighted by Crippen LogP contribution is -2.41. The zero-order chi connectivity index (χ0) is 17.0. The minimum atomic E-state index is -0.807. The number of carbonyl (C=O) groups is 1. The van der Waals surface area contributed by atoms with Crippen LogP contribution >= 0.6 is 11.3 Å². The Bertz CT molecular complexity index is 1050. The molecule has 2 aliphatic rings. The summed E-state index contributed by atoms with van der Waals surface area (Å²) in [6.45, 7) is 1.04. The standard InChI is InChI=1S/C19H14N4OS/c20-9-12-10-23(16-5-7-21-15-6-8-25-17(15)16)11-19(12)13-3-1-2-4-14(13)22-18(19)24/h1-8,12H,10-11H2,(H,22,24)/t12-,19+/m1/s1. The van der Waals surface area contributed by atoms with Crippen molar-refractivity contribution >= 4 is 38.8 Å². The molecule has 0 aliphatic carbocycles. The lowest BCUT2D eigenvalue weighted by molar-refractivity contribution is -0.120. The third kappa shape index (κ3) is 1.81. The largest absolute Gasteiger partial charge is 0.367 e. The molecule has 6 heteroatoms. The summed E-state index contributed by atoms with van der Waals surface area (Å²) in [5.41, 5.74) is 2.96. The molecule has 5 rings (SSSR count). The highest BCUT2D eigenvalue weighted by Gasteiger charge is 2.58. The quantitative estimate of drug-likeness (QED) is 0.735. The van der Waals surface area contributed by atoms with Crippen LogP contribution in [-0.2, 0) is 10.2 Å². The molecule has 0 radical (unpaired) electrons. The number of hydrogen-bond donors (Lipinski definition) is 1. The van der Waals surface area contributed by atoms with Crippen LogP contribution in [0.1, 0.15) is 5.56 Å². The maximum atomic E-state index is 12.9. The summed E-state index contributed by atoms with van der Waals surface area (Å²) in [6, 6.07) is 14.1. The van der Waals surface area contributed by atoms with Crippen molar-refractivity contribution in [3.05, 3.63) is 53.5 Å². The Kier molecular flexibility index (Phi) is 2.91. The molecule has 2 atom stereocenters. The van der Waals surface area contributed by atoms with E-state index in [0.717, 1.165) is 27.2 Å². The van der Waals surface area contributed by atoms with Crippen LogP contribution < -0.4 is 10.2 Å². The highest BCUT2D eigenvalue weighted by atomic mass is 32.1. The number of pyridine rings is 1. The van der Waals surface area contributed by atoms with E-state index in [1.807, 2.05) is 41.8 Å². The number of carbonyl (C=O) groups excluding carboxylic acids is 1. The van der Waals surface area contributed by atoms with Gasteiger partial charge in [0.1, 0.15) is 5.41 Å². The van der Waals surface area contributed by atoms with Crippen LogP contribution in [0.15, 0.2) is 48.0 Å². The molecule has 1 N–H and O–H groups in total. The predicted molar refractivity (Wildman–Crippen MR) is 97.7 cm³/mol. The molecular weight excluding hydrogens is 332 g/mol. The molecule has 1 fully saturated rings. The van der Waals surface area contributed by atoms with Crippen molar-refractivity contribution in [2.45, 2.75) is 5.41 Å². The second kappa shape index (κ2) is 5.04. The fraction of sp³-hybridized carbons (Fsp3) is 0.211.